The molecule has 0 aliphatic heterocycles. The number of carbonyl (C=O) groups is 1. The molecule has 0 unspecified atom stereocenters. The number of aryl methyl sites for hydroxylation is 3. The Morgan fingerprint density at radius 1 is 1.03 bits per heavy atom. The van der Waals surface area contributed by atoms with E-state index < -0.39 is 5.97 Å². The molecule has 9 heteroatoms. The van der Waals surface area contributed by atoms with Crippen molar-refractivity contribution in [3.05, 3.63) is 63.5 Å². The molecule has 0 amide bonds. The van der Waals surface area contributed by atoms with Crippen LogP contribution in [0.3, 0.4) is 0 Å². The number of rotatable bonds is 6. The molecule has 0 saturated heterocycles. The van der Waals surface area contributed by atoms with E-state index in [1.807, 2.05) is 44.2 Å². The average molecular weight is 480 g/mol. The van der Waals surface area contributed by atoms with Gasteiger partial charge in [-0.05, 0) is 56.2 Å². The van der Waals surface area contributed by atoms with Gasteiger partial charge in [0.05, 0.1) is 32.4 Å². The molecular formula is C25H25N3O5S. The van der Waals surface area contributed by atoms with Gasteiger partial charge >= 0.3 is 5.97 Å². The van der Waals surface area contributed by atoms with Gasteiger partial charge in [0.2, 0.25) is 5.13 Å². The molecule has 2 aromatic heterocycles. The minimum atomic E-state index is -0.422. The number of hydrogen-bond acceptors (Lipinski definition) is 9. The van der Waals surface area contributed by atoms with Crippen LogP contribution in [0.25, 0.3) is 22.3 Å². The van der Waals surface area contributed by atoms with E-state index in [1.54, 1.807) is 21.1 Å². The van der Waals surface area contributed by atoms with Gasteiger partial charge in [-0.15, -0.1) is 0 Å². The lowest BCUT2D eigenvalue weighted by atomic mass is 10.1. The highest BCUT2D eigenvalue weighted by atomic mass is 32.1. The van der Waals surface area contributed by atoms with Gasteiger partial charge in [-0.25, -0.2) is 9.78 Å². The van der Waals surface area contributed by atoms with Gasteiger partial charge in [0, 0.05) is 17.0 Å². The highest BCUT2D eigenvalue weighted by Gasteiger charge is 2.16. The zero-order chi connectivity index (χ0) is 24.4. The fourth-order valence-corrected chi connectivity index (χ4v) is 4.51. The van der Waals surface area contributed by atoms with Crippen LogP contribution >= 0.6 is 11.3 Å². The Kier molecular flexibility index (Phi) is 6.56. The summed E-state index contributed by atoms with van der Waals surface area (Å²) in [4.78, 5) is 16.8. The Morgan fingerprint density at radius 3 is 2.50 bits per heavy atom. The number of ether oxygens (including phenoxy) is 3. The van der Waals surface area contributed by atoms with Crippen LogP contribution in [0.2, 0.25) is 0 Å². The van der Waals surface area contributed by atoms with E-state index in [2.05, 4.69) is 21.6 Å². The minimum Gasteiger partial charge on any atom is -0.493 e. The lowest BCUT2D eigenvalue weighted by Gasteiger charge is -2.11. The molecule has 34 heavy (non-hydrogen) atoms. The summed E-state index contributed by atoms with van der Waals surface area (Å²) in [6, 6.07) is 11.5. The average Bonchev–Trinajstić information content (AvgIpc) is 3.21. The van der Waals surface area contributed by atoms with Gasteiger partial charge in [0.25, 0.3) is 0 Å². The second kappa shape index (κ2) is 9.56. The van der Waals surface area contributed by atoms with Crippen molar-refractivity contribution in [2.24, 2.45) is 5.10 Å². The third-order valence-corrected chi connectivity index (χ3v) is 6.32. The molecule has 2 heterocycles. The second-order valence-corrected chi connectivity index (χ2v) is 8.67. The highest BCUT2D eigenvalue weighted by molar-refractivity contribution is 7.17. The Labute approximate surface area is 200 Å². The molecule has 0 spiro atoms. The quantitative estimate of drug-likeness (QED) is 0.299. The van der Waals surface area contributed by atoms with E-state index in [4.69, 9.17) is 18.6 Å². The van der Waals surface area contributed by atoms with Crippen molar-refractivity contribution < 1.29 is 23.4 Å². The Morgan fingerprint density at radius 2 is 1.79 bits per heavy atom. The number of methoxy groups -OCH3 is 3. The molecule has 2 aromatic carbocycles. The molecule has 4 aromatic rings. The van der Waals surface area contributed by atoms with E-state index in [1.165, 1.54) is 18.4 Å². The molecule has 0 aliphatic carbocycles. The second-order valence-electron chi connectivity index (χ2n) is 7.67. The summed E-state index contributed by atoms with van der Waals surface area (Å²) in [7, 11) is 4.53. The van der Waals surface area contributed by atoms with Crippen molar-refractivity contribution >= 4 is 33.4 Å². The molecule has 0 saturated carbocycles. The third-order valence-electron chi connectivity index (χ3n) is 5.28. The van der Waals surface area contributed by atoms with E-state index in [0.29, 0.717) is 38.3 Å². The van der Waals surface area contributed by atoms with Crippen LogP contribution in [0, 0.1) is 20.8 Å². The van der Waals surface area contributed by atoms with Crippen molar-refractivity contribution in [2.75, 3.05) is 26.8 Å². The lowest BCUT2D eigenvalue weighted by Crippen LogP contribution is -2.08. The van der Waals surface area contributed by atoms with E-state index in [9.17, 15) is 4.79 Å². The normalized spacial score (nSPS) is 11.5. The first-order chi connectivity index (χ1) is 16.3. The Hall–Kier alpha value is -3.85. The molecular weight excluding hydrogens is 454 g/mol. The van der Waals surface area contributed by atoms with Gasteiger partial charge < -0.3 is 18.6 Å². The van der Waals surface area contributed by atoms with Crippen LogP contribution < -0.4 is 20.3 Å². The molecule has 0 radical (unpaired) electrons. The fraction of sp³-hybridized carbons (Fsp3) is 0.240. The Bertz CT molecular complexity index is 1460. The summed E-state index contributed by atoms with van der Waals surface area (Å²) >= 11 is 1.19. The van der Waals surface area contributed by atoms with Crippen LogP contribution in [0.15, 0.2) is 45.9 Å². The predicted octanol–water partition coefficient (Wildman–Crippen LogP) is 5.21. The van der Waals surface area contributed by atoms with Crippen molar-refractivity contribution in [3.63, 3.8) is 0 Å². The van der Waals surface area contributed by atoms with Crippen LogP contribution in [0.5, 0.6) is 11.5 Å². The zero-order valence-electron chi connectivity index (χ0n) is 19.8. The number of nitrogens with zero attached hydrogens (tertiary/aromatic N) is 2. The first kappa shape index (κ1) is 23.3. The molecule has 0 aliphatic rings. The zero-order valence-corrected chi connectivity index (χ0v) is 20.6. The predicted molar refractivity (Wildman–Crippen MR) is 132 cm³/mol. The van der Waals surface area contributed by atoms with Gasteiger partial charge in [0.15, 0.2) is 11.5 Å². The maximum absolute atomic E-state index is 11.9. The summed E-state index contributed by atoms with van der Waals surface area (Å²) in [5.41, 5.74) is 7.20. The lowest BCUT2D eigenvalue weighted by molar-refractivity contribution is 0.0605. The molecule has 4 rings (SSSR count). The molecule has 0 bridgehead atoms. The van der Waals surface area contributed by atoms with Gasteiger partial charge in [-0.1, -0.05) is 17.4 Å². The number of esters is 1. The van der Waals surface area contributed by atoms with Crippen molar-refractivity contribution in [1.29, 1.82) is 0 Å². The third kappa shape index (κ3) is 4.47. The van der Waals surface area contributed by atoms with Crippen LogP contribution in [-0.4, -0.2) is 32.3 Å². The Balaban J connectivity index is 1.86. The molecule has 176 valence electrons. The fourth-order valence-electron chi connectivity index (χ4n) is 3.68. The number of thiazole rings is 1. The van der Waals surface area contributed by atoms with Crippen LogP contribution in [0.4, 0.5) is 5.13 Å². The number of aromatic nitrogens is 1. The van der Waals surface area contributed by atoms with Crippen molar-refractivity contribution in [1.82, 2.24) is 4.98 Å². The smallest absolute Gasteiger partial charge is 0.350 e. The first-order valence-corrected chi connectivity index (χ1v) is 11.3. The molecule has 0 fully saturated rings. The van der Waals surface area contributed by atoms with Crippen molar-refractivity contribution in [3.8, 4) is 22.8 Å². The number of benzene rings is 2. The van der Waals surface area contributed by atoms with Crippen LogP contribution in [-0.2, 0) is 4.74 Å². The molecule has 1 N–H and O–H groups in total. The summed E-state index contributed by atoms with van der Waals surface area (Å²) in [6.45, 7) is 5.78. The van der Waals surface area contributed by atoms with Crippen LogP contribution in [0.1, 0.15) is 26.5 Å². The summed E-state index contributed by atoms with van der Waals surface area (Å²) < 4.78 is 21.9. The largest absolute Gasteiger partial charge is 0.493 e. The summed E-state index contributed by atoms with van der Waals surface area (Å²) in [6.07, 6.45) is 0. The van der Waals surface area contributed by atoms with Gasteiger partial charge in [-0.2, -0.15) is 5.10 Å². The van der Waals surface area contributed by atoms with E-state index in [-0.39, 0.29) is 0 Å². The molecule has 0 atom stereocenters. The summed E-state index contributed by atoms with van der Waals surface area (Å²) in [5, 5.41) is 6.64. The standard InChI is InChI=1S/C25H25N3O5S/c1-13-9-14(2)22-17(10-13)18(27-28-25-26-15(3)23(34-25)24(29)32-6)12-20(33-22)16-7-8-19(30-4)21(11-16)31-5/h7-12H,1-6H3,(H,26,28)/b27-18+. The SMILES string of the molecule is COC(=O)c1sc(N/N=c2\cc(-c3ccc(OC)c(OC)c3)oc3c(C)cc(C)cc23)nc1C. The number of anilines is 1. The van der Waals surface area contributed by atoms with E-state index >= 15 is 0 Å². The maximum Gasteiger partial charge on any atom is 0.350 e. The molecule has 8 nitrogen and oxygen atoms in total. The van der Waals surface area contributed by atoms with Gasteiger partial charge in [-0.3, -0.25) is 5.43 Å². The minimum absolute atomic E-state index is 0.422. The number of nitrogens with one attached hydrogen (secondary N) is 1. The summed E-state index contributed by atoms with van der Waals surface area (Å²) in [5.74, 6) is 1.42. The first-order valence-electron chi connectivity index (χ1n) is 10.5. The monoisotopic (exact) mass is 479 g/mol. The number of fused-ring (bicyclic) bond motifs is 1. The maximum atomic E-state index is 11.9. The number of hydrogen-bond donors (Lipinski definition) is 1. The van der Waals surface area contributed by atoms with E-state index in [0.717, 1.165) is 27.7 Å². The topological polar surface area (TPSA) is 95.2 Å². The van der Waals surface area contributed by atoms with Crippen molar-refractivity contribution in [2.45, 2.75) is 20.8 Å². The van der Waals surface area contributed by atoms with Gasteiger partial charge in [0.1, 0.15) is 16.2 Å². The number of carbonyl (C=O) groups excluding carboxylic acids is 1. The highest BCUT2D eigenvalue weighted by Crippen LogP contribution is 2.33.